The number of carbonyl (C=O) groups is 1. The van der Waals surface area contributed by atoms with Crippen molar-refractivity contribution in [3.63, 3.8) is 0 Å². The highest BCUT2D eigenvalue weighted by Crippen LogP contribution is 2.04. The highest BCUT2D eigenvalue weighted by atomic mass is 16.4. The maximum Gasteiger partial charge on any atom is 0.337 e. The highest BCUT2D eigenvalue weighted by Gasteiger charge is 2.07. The van der Waals surface area contributed by atoms with Crippen molar-refractivity contribution in [2.24, 2.45) is 5.73 Å². The van der Waals surface area contributed by atoms with Crippen LogP contribution in [0.3, 0.4) is 0 Å². The van der Waals surface area contributed by atoms with Crippen molar-refractivity contribution in [2.45, 2.75) is 0 Å². The fourth-order valence-electron chi connectivity index (χ4n) is 0.626. The van der Waals surface area contributed by atoms with Gasteiger partial charge in [0.1, 0.15) is 0 Å². The number of carboxylic acids is 1. The van der Waals surface area contributed by atoms with Gasteiger partial charge in [-0.25, -0.2) is 4.79 Å². The molecule has 3 nitrogen and oxygen atoms in total. The van der Waals surface area contributed by atoms with E-state index in [0.29, 0.717) is 0 Å². The Morgan fingerprint density at radius 1 is 1.25 bits per heavy atom. The van der Waals surface area contributed by atoms with E-state index in [1.165, 1.54) is 24.3 Å². The van der Waals surface area contributed by atoms with Gasteiger partial charge >= 0.3 is 5.97 Å². The van der Waals surface area contributed by atoms with Crippen molar-refractivity contribution in [3.05, 3.63) is 48.7 Å². The van der Waals surface area contributed by atoms with E-state index >= 15 is 0 Å². The third-order valence-corrected chi connectivity index (χ3v) is 1.12. The number of nitrogens with two attached hydrogens (primary N) is 1. The lowest BCUT2D eigenvalue weighted by molar-refractivity contribution is -0.132. The van der Waals surface area contributed by atoms with Crippen molar-refractivity contribution >= 4 is 5.97 Å². The molecule has 3 N–H and O–H groups in total. The molecule has 0 saturated heterocycles. The minimum absolute atomic E-state index is 0.0184. The Hall–Kier alpha value is -1.77. The minimum atomic E-state index is -1.08. The van der Waals surface area contributed by atoms with Crippen LogP contribution < -0.4 is 5.73 Å². The van der Waals surface area contributed by atoms with Gasteiger partial charge in [0.25, 0.3) is 0 Å². The number of carboxylic acid groups (broad SMARTS) is 1. The summed E-state index contributed by atoms with van der Waals surface area (Å²) in [7, 11) is 0. The van der Waals surface area contributed by atoms with Gasteiger partial charge < -0.3 is 10.8 Å². The topological polar surface area (TPSA) is 63.3 Å². The van der Waals surface area contributed by atoms with Gasteiger partial charge in [0, 0.05) is 5.70 Å². The second kappa shape index (κ2) is 4.96. The number of allylic oxidation sites excluding steroid dienone is 4. The molecule has 0 bridgehead atoms. The summed E-state index contributed by atoms with van der Waals surface area (Å²) in [4.78, 5) is 10.5. The summed E-state index contributed by atoms with van der Waals surface area (Å²) in [5.41, 5.74) is 5.59. The van der Waals surface area contributed by atoms with Crippen molar-refractivity contribution in [2.75, 3.05) is 0 Å². The molecule has 0 aromatic carbocycles. The van der Waals surface area contributed by atoms with E-state index in [-0.39, 0.29) is 11.3 Å². The van der Waals surface area contributed by atoms with Crippen molar-refractivity contribution < 1.29 is 9.90 Å². The number of hydrogen-bond donors (Lipinski definition) is 2. The summed E-state index contributed by atoms with van der Waals surface area (Å²) < 4.78 is 0. The molecule has 0 unspecified atom stereocenters. The van der Waals surface area contributed by atoms with Gasteiger partial charge in [0.05, 0.1) is 5.57 Å². The molecule has 0 heterocycles. The number of rotatable bonds is 4. The first kappa shape index (κ1) is 10.2. The molecule has 0 rings (SSSR count). The van der Waals surface area contributed by atoms with E-state index in [1.807, 2.05) is 0 Å². The van der Waals surface area contributed by atoms with E-state index in [1.54, 1.807) is 0 Å². The average Bonchev–Trinajstić information content (AvgIpc) is 1.99. The molecule has 0 spiro atoms. The van der Waals surface area contributed by atoms with Crippen LogP contribution in [-0.2, 0) is 4.79 Å². The Morgan fingerprint density at radius 2 is 1.75 bits per heavy atom. The largest absolute Gasteiger partial charge is 0.478 e. The number of hydrogen-bond acceptors (Lipinski definition) is 2. The lowest BCUT2D eigenvalue weighted by atomic mass is 10.1. The lowest BCUT2D eigenvalue weighted by Gasteiger charge is -1.99. The normalized spacial score (nSPS) is 12.3. The van der Waals surface area contributed by atoms with Crippen LogP contribution in [-0.4, -0.2) is 11.1 Å². The summed E-state index contributed by atoms with van der Waals surface area (Å²) >= 11 is 0. The predicted octanol–water partition coefficient (Wildman–Crippen LogP) is 1.21. The Labute approximate surface area is 71.2 Å². The summed E-state index contributed by atoms with van der Waals surface area (Å²) in [6.45, 7) is 6.78. The minimum Gasteiger partial charge on any atom is -0.478 e. The lowest BCUT2D eigenvalue weighted by Crippen LogP contribution is -2.09. The highest BCUT2D eigenvalue weighted by molar-refractivity contribution is 5.91. The molecule has 0 aliphatic rings. The molecule has 0 amide bonds. The van der Waals surface area contributed by atoms with Crippen LogP contribution in [0.25, 0.3) is 0 Å². The molecule has 0 saturated carbocycles. The van der Waals surface area contributed by atoms with Gasteiger partial charge in [-0.1, -0.05) is 25.3 Å². The van der Waals surface area contributed by atoms with Crippen molar-refractivity contribution in [3.8, 4) is 0 Å². The zero-order valence-electron chi connectivity index (χ0n) is 6.66. The molecule has 0 aliphatic heterocycles. The predicted molar refractivity (Wildman–Crippen MR) is 48.4 cm³/mol. The van der Waals surface area contributed by atoms with Gasteiger partial charge in [0.2, 0.25) is 0 Å². The zero-order valence-corrected chi connectivity index (χ0v) is 6.66. The summed E-state index contributed by atoms with van der Waals surface area (Å²) in [5.74, 6) is -1.08. The molecule has 0 atom stereocenters. The van der Waals surface area contributed by atoms with Crippen LogP contribution in [0.4, 0.5) is 0 Å². The third-order valence-electron chi connectivity index (χ3n) is 1.12. The monoisotopic (exact) mass is 165 g/mol. The van der Waals surface area contributed by atoms with Gasteiger partial charge in [-0.05, 0) is 12.2 Å². The average molecular weight is 165 g/mol. The van der Waals surface area contributed by atoms with Gasteiger partial charge in [-0.2, -0.15) is 0 Å². The van der Waals surface area contributed by atoms with Crippen LogP contribution >= 0.6 is 0 Å². The second-order valence-electron chi connectivity index (χ2n) is 1.98. The molecular formula is C9H11NO2. The van der Waals surface area contributed by atoms with Crippen LogP contribution in [0.5, 0.6) is 0 Å². The van der Waals surface area contributed by atoms with E-state index < -0.39 is 5.97 Å². The van der Waals surface area contributed by atoms with Gasteiger partial charge in [-0.3, -0.25) is 0 Å². The van der Waals surface area contributed by atoms with Crippen molar-refractivity contribution in [1.82, 2.24) is 0 Å². The number of aliphatic carboxylic acids is 1. The maximum absolute atomic E-state index is 10.5. The van der Waals surface area contributed by atoms with E-state index in [0.717, 1.165) is 0 Å². The second-order valence-corrected chi connectivity index (χ2v) is 1.98. The van der Waals surface area contributed by atoms with Crippen LogP contribution in [0, 0.1) is 0 Å². The molecule has 0 aromatic rings. The van der Waals surface area contributed by atoms with E-state index in [4.69, 9.17) is 10.8 Å². The summed E-state index contributed by atoms with van der Waals surface area (Å²) in [6, 6.07) is 0. The first-order chi connectivity index (χ1) is 5.63. The Balaban J connectivity index is 4.87. The Bertz CT molecular complexity index is 262. The van der Waals surface area contributed by atoms with Gasteiger partial charge in [0.15, 0.2) is 0 Å². The fraction of sp³-hybridized carbons (Fsp3) is 0. The fourth-order valence-corrected chi connectivity index (χ4v) is 0.626. The summed E-state index contributed by atoms with van der Waals surface area (Å²) in [6.07, 6.45) is 5.55. The molecule has 0 aliphatic carbocycles. The molecule has 0 fully saturated rings. The molecule has 12 heavy (non-hydrogen) atoms. The van der Waals surface area contributed by atoms with E-state index in [9.17, 15) is 4.79 Å². The van der Waals surface area contributed by atoms with E-state index in [2.05, 4.69) is 13.2 Å². The van der Waals surface area contributed by atoms with Crippen LogP contribution in [0.1, 0.15) is 0 Å². The molecule has 0 radical (unpaired) electrons. The van der Waals surface area contributed by atoms with Crippen LogP contribution in [0.15, 0.2) is 48.7 Å². The SMILES string of the molecule is C=C/C=C(N)\C(=C/C=C)C(=O)O. The molecule has 0 aromatic heterocycles. The molecule has 64 valence electrons. The molecule has 3 heteroatoms. The Morgan fingerprint density at radius 3 is 2.08 bits per heavy atom. The first-order valence-electron chi connectivity index (χ1n) is 3.28. The van der Waals surface area contributed by atoms with Crippen LogP contribution in [0.2, 0.25) is 0 Å². The van der Waals surface area contributed by atoms with Crippen molar-refractivity contribution in [1.29, 1.82) is 0 Å². The first-order valence-corrected chi connectivity index (χ1v) is 3.28. The van der Waals surface area contributed by atoms with Gasteiger partial charge in [-0.15, -0.1) is 0 Å². The molecular weight excluding hydrogens is 154 g/mol. The standard InChI is InChI=1S/C9H11NO2/c1-3-5-7(9(11)12)8(10)6-4-2/h3-6H,1-2,10H2,(H,11,12)/b7-5+,8-6+. The quantitative estimate of drug-likeness (QED) is 0.486. The third kappa shape index (κ3) is 2.88. The zero-order chi connectivity index (χ0) is 9.56. The Kier molecular flexibility index (Phi) is 4.23. The summed E-state index contributed by atoms with van der Waals surface area (Å²) in [5, 5.41) is 8.63. The smallest absolute Gasteiger partial charge is 0.337 e. The maximum atomic E-state index is 10.5.